The number of thiophene rings is 1. The van der Waals surface area contributed by atoms with Gasteiger partial charge in [0.2, 0.25) is 0 Å². The van der Waals surface area contributed by atoms with Crippen LogP contribution in [0.1, 0.15) is 47.1 Å². The summed E-state index contributed by atoms with van der Waals surface area (Å²) >= 11 is 1.56. The van der Waals surface area contributed by atoms with Crippen LogP contribution in [0.4, 0.5) is 4.79 Å². The molecule has 0 aliphatic carbocycles. The van der Waals surface area contributed by atoms with Crippen LogP contribution in [0.25, 0.3) is 10.2 Å². The number of aromatic nitrogens is 2. The van der Waals surface area contributed by atoms with E-state index in [9.17, 15) is 9.59 Å². The normalized spacial score (nSPS) is 15.3. The van der Waals surface area contributed by atoms with Gasteiger partial charge in [0.05, 0.1) is 24.0 Å². The van der Waals surface area contributed by atoms with Gasteiger partial charge in [-0.2, -0.15) is 5.26 Å². The molecule has 9 heteroatoms. The zero-order valence-corrected chi connectivity index (χ0v) is 20.5. The number of carbonyl (C=O) groups is 1. The fourth-order valence-electron chi connectivity index (χ4n) is 4.33. The van der Waals surface area contributed by atoms with Crippen molar-refractivity contribution in [3.05, 3.63) is 62.5 Å². The van der Waals surface area contributed by atoms with Gasteiger partial charge in [-0.1, -0.05) is 30.3 Å². The van der Waals surface area contributed by atoms with Crippen molar-refractivity contribution in [2.24, 2.45) is 0 Å². The predicted molar refractivity (Wildman–Crippen MR) is 134 cm³/mol. The SMILES string of the molecule is Cc1sc2nc(CN3CCN(C(=O)NC(CCCC#N)c4ccccc4)CC3)[nH]c(=O)c2c1C. The maximum Gasteiger partial charge on any atom is 0.317 e. The Morgan fingerprint density at radius 3 is 2.68 bits per heavy atom. The molecule has 0 spiro atoms. The molecule has 1 fully saturated rings. The predicted octanol–water partition coefficient (Wildman–Crippen LogP) is 3.86. The van der Waals surface area contributed by atoms with Gasteiger partial charge in [-0.25, -0.2) is 9.78 Å². The van der Waals surface area contributed by atoms with Gasteiger partial charge in [0.1, 0.15) is 10.7 Å². The summed E-state index contributed by atoms with van der Waals surface area (Å²) in [6.45, 7) is 7.16. The van der Waals surface area contributed by atoms with Gasteiger partial charge in [-0.05, 0) is 37.8 Å². The maximum absolute atomic E-state index is 13.0. The lowest BCUT2D eigenvalue weighted by molar-refractivity contribution is 0.131. The highest BCUT2D eigenvalue weighted by molar-refractivity contribution is 7.18. The summed E-state index contributed by atoms with van der Waals surface area (Å²) in [5.41, 5.74) is 1.97. The number of aryl methyl sites for hydroxylation is 2. The molecule has 0 bridgehead atoms. The van der Waals surface area contributed by atoms with Crippen LogP contribution in [0.5, 0.6) is 0 Å². The molecule has 1 aliphatic heterocycles. The summed E-state index contributed by atoms with van der Waals surface area (Å²) < 4.78 is 0. The molecule has 1 atom stereocenters. The first-order chi connectivity index (χ1) is 16.5. The second kappa shape index (κ2) is 10.8. The average molecular weight is 479 g/mol. The Morgan fingerprint density at radius 1 is 1.24 bits per heavy atom. The van der Waals surface area contributed by atoms with Crippen LogP contribution in [0.2, 0.25) is 0 Å². The molecular formula is C25H30N6O2S. The van der Waals surface area contributed by atoms with Crippen molar-refractivity contribution in [2.45, 2.75) is 45.7 Å². The number of H-pyrrole nitrogens is 1. The van der Waals surface area contributed by atoms with E-state index in [1.54, 1.807) is 11.3 Å². The molecule has 3 heterocycles. The van der Waals surface area contributed by atoms with Crippen LogP contribution in [-0.4, -0.2) is 52.0 Å². The first kappa shape index (κ1) is 23.9. The number of nitrogens with one attached hydrogen (secondary N) is 2. The Balaban J connectivity index is 1.34. The molecule has 178 valence electrons. The number of unbranched alkanes of at least 4 members (excludes halogenated alkanes) is 1. The van der Waals surface area contributed by atoms with Gasteiger partial charge in [-0.3, -0.25) is 9.69 Å². The largest absolute Gasteiger partial charge is 0.331 e. The van der Waals surface area contributed by atoms with Crippen LogP contribution in [0, 0.1) is 25.2 Å². The lowest BCUT2D eigenvalue weighted by atomic mass is 10.0. The highest BCUT2D eigenvalue weighted by Gasteiger charge is 2.24. The molecule has 2 aromatic heterocycles. The molecule has 3 aromatic rings. The Morgan fingerprint density at radius 2 is 1.97 bits per heavy atom. The number of aromatic amines is 1. The second-order valence-corrected chi connectivity index (χ2v) is 9.91. The van der Waals surface area contributed by atoms with Crippen molar-refractivity contribution >= 4 is 27.6 Å². The van der Waals surface area contributed by atoms with Crippen molar-refractivity contribution < 1.29 is 4.79 Å². The van der Waals surface area contributed by atoms with Gasteiger partial charge < -0.3 is 15.2 Å². The Kier molecular flexibility index (Phi) is 7.60. The van der Waals surface area contributed by atoms with E-state index >= 15 is 0 Å². The van der Waals surface area contributed by atoms with Crippen molar-refractivity contribution in [1.82, 2.24) is 25.1 Å². The molecule has 0 radical (unpaired) electrons. The molecule has 2 amide bonds. The zero-order valence-electron chi connectivity index (χ0n) is 19.6. The van der Waals surface area contributed by atoms with Crippen molar-refractivity contribution in [3.63, 3.8) is 0 Å². The third kappa shape index (κ3) is 5.46. The second-order valence-electron chi connectivity index (χ2n) is 8.70. The van der Waals surface area contributed by atoms with E-state index in [-0.39, 0.29) is 17.6 Å². The van der Waals surface area contributed by atoms with Crippen molar-refractivity contribution in [2.75, 3.05) is 26.2 Å². The van der Waals surface area contributed by atoms with Crippen LogP contribution < -0.4 is 10.9 Å². The number of piperazine rings is 1. The van der Waals surface area contributed by atoms with E-state index in [1.165, 1.54) is 0 Å². The van der Waals surface area contributed by atoms with Crippen LogP contribution >= 0.6 is 11.3 Å². The molecule has 1 saturated heterocycles. The smallest absolute Gasteiger partial charge is 0.317 e. The fourth-order valence-corrected chi connectivity index (χ4v) is 5.38. The standard InChI is InChI=1S/C25H30N6O2S/c1-17-18(2)34-24-22(17)23(32)28-21(29-24)16-30-12-14-31(15-13-30)25(33)27-20(10-6-7-11-26)19-8-4-3-5-9-19/h3-5,8-9,20H,6-7,10,12-16H2,1-2H3,(H,27,33)(H,28,29,32). The third-order valence-corrected chi connectivity index (χ3v) is 7.50. The molecule has 34 heavy (non-hydrogen) atoms. The van der Waals surface area contributed by atoms with E-state index in [1.807, 2.05) is 49.1 Å². The maximum atomic E-state index is 13.0. The topological polar surface area (TPSA) is 105 Å². The molecule has 1 unspecified atom stereocenters. The van der Waals surface area contributed by atoms with Crippen LogP contribution in [0.15, 0.2) is 35.1 Å². The van der Waals surface area contributed by atoms with E-state index in [0.717, 1.165) is 33.7 Å². The number of rotatable bonds is 7. The quantitative estimate of drug-likeness (QED) is 0.502. The molecular weight excluding hydrogens is 448 g/mol. The van der Waals surface area contributed by atoms with Crippen LogP contribution in [0.3, 0.4) is 0 Å². The first-order valence-electron chi connectivity index (χ1n) is 11.6. The highest BCUT2D eigenvalue weighted by Crippen LogP contribution is 2.26. The number of hydrogen-bond donors (Lipinski definition) is 2. The number of nitrogens with zero attached hydrogens (tertiary/aromatic N) is 4. The van der Waals surface area contributed by atoms with Crippen molar-refractivity contribution in [3.8, 4) is 6.07 Å². The molecule has 4 rings (SSSR count). The van der Waals surface area contributed by atoms with E-state index in [4.69, 9.17) is 5.26 Å². The van der Waals surface area contributed by atoms with Crippen molar-refractivity contribution in [1.29, 1.82) is 5.26 Å². The van der Waals surface area contributed by atoms with Gasteiger partial charge in [0.25, 0.3) is 5.56 Å². The van der Waals surface area contributed by atoms with E-state index < -0.39 is 0 Å². The third-order valence-electron chi connectivity index (χ3n) is 6.40. The van der Waals surface area contributed by atoms with E-state index in [2.05, 4.69) is 26.3 Å². The number of benzene rings is 1. The minimum Gasteiger partial charge on any atom is -0.331 e. The van der Waals surface area contributed by atoms with E-state index in [0.29, 0.717) is 50.4 Å². The summed E-state index contributed by atoms with van der Waals surface area (Å²) in [5.74, 6) is 0.665. The minimum absolute atomic E-state index is 0.0804. The Hall–Kier alpha value is -3.22. The van der Waals surface area contributed by atoms with Gasteiger partial charge in [-0.15, -0.1) is 11.3 Å². The van der Waals surface area contributed by atoms with Gasteiger partial charge in [0, 0.05) is 37.5 Å². The number of amides is 2. The Labute approximate surface area is 203 Å². The minimum atomic E-state index is -0.112. The monoisotopic (exact) mass is 478 g/mol. The van der Waals surface area contributed by atoms with Gasteiger partial charge in [0.15, 0.2) is 0 Å². The highest BCUT2D eigenvalue weighted by atomic mass is 32.1. The molecule has 8 nitrogen and oxygen atoms in total. The summed E-state index contributed by atoms with van der Waals surface area (Å²) in [4.78, 5) is 39.1. The molecule has 0 saturated carbocycles. The Bertz CT molecular complexity index is 1240. The number of fused-ring (bicyclic) bond motifs is 1. The van der Waals surface area contributed by atoms with Crippen LogP contribution in [-0.2, 0) is 6.54 Å². The molecule has 1 aliphatic rings. The number of hydrogen-bond acceptors (Lipinski definition) is 6. The fraction of sp³-hybridized carbons (Fsp3) is 0.440. The molecule has 1 aromatic carbocycles. The number of nitriles is 1. The zero-order chi connectivity index (χ0) is 24.1. The summed E-state index contributed by atoms with van der Waals surface area (Å²) in [7, 11) is 0. The summed E-state index contributed by atoms with van der Waals surface area (Å²) in [6.07, 6.45) is 1.94. The average Bonchev–Trinajstić information content (AvgIpc) is 3.13. The van der Waals surface area contributed by atoms with Gasteiger partial charge >= 0.3 is 6.03 Å². The number of urea groups is 1. The summed E-state index contributed by atoms with van der Waals surface area (Å²) in [6, 6.07) is 11.9. The number of carbonyl (C=O) groups excluding carboxylic acids is 1. The molecule has 2 N–H and O–H groups in total. The lowest BCUT2D eigenvalue weighted by Gasteiger charge is -2.35. The summed E-state index contributed by atoms with van der Waals surface area (Å²) in [5, 5.41) is 12.7. The first-order valence-corrected chi connectivity index (χ1v) is 12.5. The lowest BCUT2D eigenvalue weighted by Crippen LogP contribution is -2.52.